The quantitative estimate of drug-likeness (QED) is 0.228. The van der Waals surface area contributed by atoms with E-state index in [1.807, 2.05) is 0 Å². The summed E-state index contributed by atoms with van der Waals surface area (Å²) in [5, 5.41) is 0. The number of ether oxygens (including phenoxy) is 2. The van der Waals surface area contributed by atoms with Crippen LogP contribution in [0.4, 0.5) is 17.6 Å². The Kier molecular flexibility index (Phi) is 6.65. The zero-order valence-electron chi connectivity index (χ0n) is 20.5. The number of phosphoric ester groups is 1. The van der Waals surface area contributed by atoms with E-state index in [-0.39, 0.29) is 29.0 Å². The van der Waals surface area contributed by atoms with E-state index in [1.165, 1.54) is 48.5 Å². The predicted molar refractivity (Wildman–Crippen MR) is 134 cm³/mol. The fourth-order valence-electron chi connectivity index (χ4n) is 5.50. The van der Waals surface area contributed by atoms with Gasteiger partial charge in [-0.3, -0.25) is 9.05 Å². The number of hydrogen-bond donors (Lipinski definition) is 1. The molecular weight excluding hydrogens is 551 g/mol. The first kappa shape index (κ1) is 26.8. The standard InChI is InChI=1S/C29H21F4O6P/c30-22-9-1-18(2-10-22)28(19-3-11-23(31)12-4-19)26-27(37-17-36-26)29(39-40(34,35)38-28,20-5-13-24(32)14-6-20)21-7-15-25(33)16-8-21/h1-16,26-27H,17H2,(H,34,35)/t26-,27-/m1/s1. The number of phosphoric acid groups is 1. The van der Waals surface area contributed by atoms with Gasteiger partial charge in [0.15, 0.2) is 11.2 Å². The summed E-state index contributed by atoms with van der Waals surface area (Å²) in [6, 6.07) is 19.9. The van der Waals surface area contributed by atoms with Gasteiger partial charge >= 0.3 is 7.82 Å². The zero-order valence-corrected chi connectivity index (χ0v) is 21.4. The Morgan fingerprint density at radius 3 is 1.05 bits per heavy atom. The Bertz CT molecular complexity index is 1360. The number of halogens is 4. The van der Waals surface area contributed by atoms with Crippen LogP contribution in [0.15, 0.2) is 97.1 Å². The number of benzene rings is 4. The average molecular weight is 572 g/mol. The van der Waals surface area contributed by atoms with Crippen molar-refractivity contribution in [3.05, 3.63) is 143 Å². The normalized spacial score (nSPS) is 22.8. The van der Waals surface area contributed by atoms with E-state index in [9.17, 15) is 27.0 Å². The molecule has 6 nitrogen and oxygen atoms in total. The Labute approximate surface area is 226 Å². The third-order valence-corrected chi connectivity index (χ3v) is 8.22. The van der Waals surface area contributed by atoms with Gasteiger partial charge in [-0.05, 0) is 70.8 Å². The van der Waals surface area contributed by atoms with E-state index in [0.717, 1.165) is 48.5 Å². The largest absolute Gasteiger partial charge is 0.474 e. The maximum atomic E-state index is 14.0. The third kappa shape index (κ3) is 4.37. The first-order valence-corrected chi connectivity index (χ1v) is 13.7. The molecule has 0 radical (unpaired) electrons. The molecule has 4 aromatic rings. The second-order valence-electron chi connectivity index (χ2n) is 9.44. The second-order valence-corrected chi connectivity index (χ2v) is 10.7. The molecule has 40 heavy (non-hydrogen) atoms. The molecule has 0 unspecified atom stereocenters. The van der Waals surface area contributed by atoms with Crippen molar-refractivity contribution >= 4 is 7.82 Å². The highest BCUT2D eigenvalue weighted by molar-refractivity contribution is 7.47. The third-order valence-electron chi connectivity index (χ3n) is 7.18. The molecule has 2 heterocycles. The maximum absolute atomic E-state index is 14.0. The molecule has 0 spiro atoms. The smallest absolute Gasteiger partial charge is 0.346 e. The zero-order chi connectivity index (χ0) is 28.1. The lowest BCUT2D eigenvalue weighted by Gasteiger charge is -2.41. The van der Waals surface area contributed by atoms with Crippen LogP contribution >= 0.6 is 7.82 Å². The molecule has 6 rings (SSSR count). The number of hydrogen-bond acceptors (Lipinski definition) is 5. The van der Waals surface area contributed by atoms with Crippen LogP contribution in [-0.4, -0.2) is 23.9 Å². The van der Waals surface area contributed by atoms with Crippen molar-refractivity contribution in [3.8, 4) is 0 Å². The highest BCUT2D eigenvalue weighted by Gasteiger charge is 2.66. The summed E-state index contributed by atoms with van der Waals surface area (Å²) < 4.78 is 94.2. The fraction of sp³-hybridized carbons (Fsp3) is 0.172. The first-order valence-electron chi connectivity index (χ1n) is 12.2. The maximum Gasteiger partial charge on any atom is 0.474 e. The molecule has 2 fully saturated rings. The van der Waals surface area contributed by atoms with Gasteiger partial charge in [0.05, 0.1) is 0 Å². The van der Waals surface area contributed by atoms with Gasteiger partial charge in [0.25, 0.3) is 0 Å². The monoisotopic (exact) mass is 572 g/mol. The van der Waals surface area contributed by atoms with Crippen molar-refractivity contribution < 1.29 is 45.5 Å². The molecule has 0 bridgehead atoms. The number of fused-ring (bicyclic) bond motifs is 1. The van der Waals surface area contributed by atoms with Gasteiger partial charge in [0, 0.05) is 0 Å². The minimum Gasteiger partial charge on any atom is -0.346 e. The molecule has 0 aliphatic carbocycles. The topological polar surface area (TPSA) is 74.2 Å². The number of rotatable bonds is 4. The van der Waals surface area contributed by atoms with E-state index in [1.54, 1.807) is 0 Å². The summed E-state index contributed by atoms with van der Waals surface area (Å²) in [7, 11) is -5.17. The van der Waals surface area contributed by atoms with Gasteiger partial charge in [0.1, 0.15) is 42.3 Å². The fourth-order valence-corrected chi connectivity index (χ4v) is 6.89. The van der Waals surface area contributed by atoms with Crippen LogP contribution in [0.1, 0.15) is 22.3 Å². The van der Waals surface area contributed by atoms with Crippen LogP contribution < -0.4 is 0 Å². The van der Waals surface area contributed by atoms with Gasteiger partial charge in [-0.1, -0.05) is 48.5 Å². The molecule has 0 saturated carbocycles. The van der Waals surface area contributed by atoms with Crippen LogP contribution in [0.25, 0.3) is 0 Å². The Morgan fingerprint density at radius 1 is 0.550 bits per heavy atom. The molecule has 2 atom stereocenters. The van der Waals surface area contributed by atoms with E-state index in [4.69, 9.17) is 18.5 Å². The van der Waals surface area contributed by atoms with E-state index in [0.29, 0.717) is 0 Å². The van der Waals surface area contributed by atoms with Crippen molar-refractivity contribution in [2.24, 2.45) is 0 Å². The van der Waals surface area contributed by atoms with Gasteiger partial charge in [-0.2, -0.15) is 0 Å². The van der Waals surface area contributed by atoms with Gasteiger partial charge < -0.3 is 14.4 Å². The molecule has 2 saturated heterocycles. The van der Waals surface area contributed by atoms with E-state index >= 15 is 0 Å². The van der Waals surface area contributed by atoms with E-state index in [2.05, 4.69) is 0 Å². The van der Waals surface area contributed by atoms with Crippen LogP contribution in [0.2, 0.25) is 0 Å². The summed E-state index contributed by atoms with van der Waals surface area (Å²) in [5.74, 6) is -2.33. The molecule has 2 aliphatic rings. The molecule has 0 aromatic heterocycles. The van der Waals surface area contributed by atoms with Crippen LogP contribution in [0, 0.1) is 23.3 Å². The van der Waals surface area contributed by atoms with Gasteiger partial charge in [-0.15, -0.1) is 0 Å². The predicted octanol–water partition coefficient (Wildman–Crippen LogP) is 6.32. The van der Waals surface area contributed by atoms with Gasteiger partial charge in [0.2, 0.25) is 0 Å². The molecule has 2 aliphatic heterocycles. The summed E-state index contributed by atoms with van der Waals surface area (Å²) in [4.78, 5) is 11.3. The van der Waals surface area contributed by atoms with Crippen molar-refractivity contribution in [3.63, 3.8) is 0 Å². The summed E-state index contributed by atoms with van der Waals surface area (Å²) in [5.41, 5.74) is -3.23. The first-order chi connectivity index (χ1) is 19.1. The Hall–Kier alpha value is -3.37. The highest BCUT2D eigenvalue weighted by atomic mass is 31.2. The molecule has 4 aromatic carbocycles. The minimum atomic E-state index is -5.17. The SMILES string of the molecule is O=P1(O)OC(c2ccc(F)cc2)(c2ccc(F)cc2)[C@@H]2OCO[C@H]2C(c2ccc(F)cc2)(c2ccc(F)cc2)O1. The minimum absolute atomic E-state index is 0.188. The second kappa shape index (κ2) is 9.92. The molecule has 0 amide bonds. The van der Waals surface area contributed by atoms with Crippen LogP contribution in [-0.2, 0) is 34.3 Å². The highest BCUT2D eigenvalue weighted by Crippen LogP contribution is 2.65. The average Bonchev–Trinajstić information content (AvgIpc) is 3.40. The summed E-state index contributed by atoms with van der Waals surface area (Å²) in [6.07, 6.45) is -2.55. The summed E-state index contributed by atoms with van der Waals surface area (Å²) >= 11 is 0. The van der Waals surface area contributed by atoms with Crippen LogP contribution in [0.5, 0.6) is 0 Å². The molecule has 206 valence electrons. The van der Waals surface area contributed by atoms with Crippen LogP contribution in [0.3, 0.4) is 0 Å². The van der Waals surface area contributed by atoms with Crippen molar-refractivity contribution in [1.29, 1.82) is 0 Å². The Morgan fingerprint density at radius 2 is 0.800 bits per heavy atom. The van der Waals surface area contributed by atoms with Crippen molar-refractivity contribution in [2.75, 3.05) is 6.79 Å². The lowest BCUT2D eigenvalue weighted by Crippen LogP contribution is -2.53. The van der Waals surface area contributed by atoms with E-state index < -0.39 is 54.5 Å². The van der Waals surface area contributed by atoms with Crippen molar-refractivity contribution in [2.45, 2.75) is 23.4 Å². The molecule has 1 N–H and O–H groups in total. The van der Waals surface area contributed by atoms with Crippen molar-refractivity contribution in [1.82, 2.24) is 0 Å². The van der Waals surface area contributed by atoms with Gasteiger partial charge in [-0.25, -0.2) is 22.1 Å². The lowest BCUT2D eigenvalue weighted by molar-refractivity contribution is -0.0575. The summed E-state index contributed by atoms with van der Waals surface area (Å²) in [6.45, 7) is -0.327. The lowest BCUT2D eigenvalue weighted by atomic mass is 9.72. The Balaban J connectivity index is 1.68. The molecular formula is C29H21F4O6P. The molecule has 11 heteroatoms.